The lowest BCUT2D eigenvalue weighted by Crippen LogP contribution is -2.15. The van der Waals surface area contributed by atoms with E-state index in [9.17, 15) is 14.3 Å². The van der Waals surface area contributed by atoms with Crippen molar-refractivity contribution >= 4 is 33.6 Å². The third-order valence-corrected chi connectivity index (χ3v) is 5.75. The summed E-state index contributed by atoms with van der Waals surface area (Å²) in [5, 5.41) is 14.4. The minimum atomic E-state index is -1.06. The van der Waals surface area contributed by atoms with Crippen molar-refractivity contribution < 1.29 is 18.7 Å². The number of nitrogens with one attached hydrogen (secondary N) is 1. The maximum atomic E-state index is 13.2. The van der Waals surface area contributed by atoms with Crippen LogP contribution in [-0.2, 0) is 4.79 Å². The molecule has 158 valence electrons. The summed E-state index contributed by atoms with van der Waals surface area (Å²) in [4.78, 5) is 25.2. The second kappa shape index (κ2) is 7.39. The van der Waals surface area contributed by atoms with Gasteiger partial charge in [-0.2, -0.15) is 0 Å². The predicted octanol–water partition coefficient (Wildman–Crippen LogP) is 4.49. The Morgan fingerprint density at radius 2 is 2.06 bits per heavy atom. The minimum Gasteiger partial charge on any atom is -0.443 e. The normalized spacial score (nSPS) is 19.0. The first-order valence-electron chi connectivity index (χ1n) is 10.2. The molecule has 7 nitrogen and oxygen atoms in total. The number of benzene rings is 1. The first kappa shape index (κ1) is 19.6. The fraction of sp³-hybridized carbons (Fsp3) is 0.304. The highest BCUT2D eigenvalue weighted by molar-refractivity contribution is 6.10. The van der Waals surface area contributed by atoms with Gasteiger partial charge < -0.3 is 14.8 Å². The number of aryl methyl sites for hydroxylation is 1. The topological polar surface area (TPSA) is 101 Å². The van der Waals surface area contributed by atoms with Crippen molar-refractivity contribution in [2.24, 2.45) is 5.92 Å². The third-order valence-electron chi connectivity index (χ3n) is 5.75. The van der Waals surface area contributed by atoms with Crippen molar-refractivity contribution in [1.29, 1.82) is 0 Å². The number of pyridine rings is 2. The molecule has 3 heterocycles. The molecule has 1 amide bonds. The van der Waals surface area contributed by atoms with E-state index < -0.39 is 18.2 Å². The molecule has 0 aliphatic heterocycles. The predicted molar refractivity (Wildman–Crippen MR) is 114 cm³/mol. The Kier molecular flexibility index (Phi) is 4.66. The van der Waals surface area contributed by atoms with Gasteiger partial charge in [-0.1, -0.05) is 6.92 Å². The van der Waals surface area contributed by atoms with Gasteiger partial charge in [0, 0.05) is 34.3 Å². The van der Waals surface area contributed by atoms with Crippen molar-refractivity contribution in [2.75, 3.05) is 5.32 Å². The quantitative estimate of drug-likeness (QED) is 0.493. The minimum absolute atomic E-state index is 0.262. The average molecular weight is 420 g/mol. The van der Waals surface area contributed by atoms with Crippen LogP contribution in [0, 0.1) is 12.8 Å². The van der Waals surface area contributed by atoms with Crippen molar-refractivity contribution in [2.45, 2.75) is 39.0 Å². The Morgan fingerprint density at radius 3 is 2.77 bits per heavy atom. The molecule has 1 aromatic carbocycles. The molecule has 3 aromatic heterocycles. The molecule has 0 saturated heterocycles. The van der Waals surface area contributed by atoms with Crippen molar-refractivity contribution in [1.82, 2.24) is 15.0 Å². The number of aromatic nitrogens is 3. The van der Waals surface area contributed by atoms with E-state index in [4.69, 9.17) is 4.42 Å². The van der Waals surface area contributed by atoms with Crippen LogP contribution < -0.4 is 5.32 Å². The highest BCUT2D eigenvalue weighted by Crippen LogP contribution is 2.37. The second-order valence-corrected chi connectivity index (χ2v) is 7.94. The SMILES string of the molecule is CC[C@H](O)c1cc(C)c(-c2cc3cnc(NC(=O)[C@H]4C[C@H]4F)cc3c3ncoc23)cn1. The van der Waals surface area contributed by atoms with E-state index in [-0.39, 0.29) is 12.3 Å². The smallest absolute Gasteiger partial charge is 0.231 e. The number of oxazole rings is 1. The second-order valence-electron chi connectivity index (χ2n) is 7.94. The van der Waals surface area contributed by atoms with Gasteiger partial charge >= 0.3 is 0 Å². The number of hydrogen-bond donors (Lipinski definition) is 2. The highest BCUT2D eigenvalue weighted by Gasteiger charge is 2.43. The lowest BCUT2D eigenvalue weighted by molar-refractivity contribution is -0.117. The van der Waals surface area contributed by atoms with Gasteiger partial charge in [0.15, 0.2) is 12.0 Å². The number of halogens is 1. The van der Waals surface area contributed by atoms with Crippen LogP contribution in [0.3, 0.4) is 0 Å². The van der Waals surface area contributed by atoms with E-state index in [0.29, 0.717) is 29.0 Å². The molecule has 1 aliphatic rings. The molecule has 0 bridgehead atoms. The Morgan fingerprint density at radius 1 is 1.26 bits per heavy atom. The van der Waals surface area contributed by atoms with Gasteiger partial charge in [-0.25, -0.2) is 14.4 Å². The maximum Gasteiger partial charge on any atom is 0.231 e. The Bertz CT molecular complexity index is 1320. The zero-order valence-corrected chi connectivity index (χ0v) is 17.1. The molecular formula is C23H21FN4O3. The molecule has 1 saturated carbocycles. The molecule has 1 fully saturated rings. The van der Waals surface area contributed by atoms with Gasteiger partial charge in [0.1, 0.15) is 17.5 Å². The fourth-order valence-electron chi connectivity index (χ4n) is 3.81. The Hall–Kier alpha value is -3.39. The zero-order chi connectivity index (χ0) is 21.7. The highest BCUT2D eigenvalue weighted by atomic mass is 19.1. The van der Waals surface area contributed by atoms with Crippen LogP contribution in [0.1, 0.15) is 37.1 Å². The molecule has 4 aromatic rings. The van der Waals surface area contributed by atoms with E-state index in [1.54, 1.807) is 18.5 Å². The third kappa shape index (κ3) is 3.42. The monoisotopic (exact) mass is 420 g/mol. The molecule has 2 N–H and O–H groups in total. The Labute approximate surface area is 177 Å². The number of aliphatic hydroxyl groups is 1. The summed E-state index contributed by atoms with van der Waals surface area (Å²) in [6, 6.07) is 5.55. The molecule has 3 atom stereocenters. The number of alkyl halides is 1. The lowest BCUT2D eigenvalue weighted by Gasteiger charge is -2.12. The summed E-state index contributed by atoms with van der Waals surface area (Å²) in [5.41, 5.74) is 4.51. The molecular weight excluding hydrogens is 399 g/mol. The molecule has 0 unspecified atom stereocenters. The van der Waals surface area contributed by atoms with Gasteiger partial charge in [-0.3, -0.25) is 9.78 Å². The molecule has 1 aliphatic carbocycles. The number of hydrogen-bond acceptors (Lipinski definition) is 6. The van der Waals surface area contributed by atoms with Gasteiger partial charge in [-0.05, 0) is 43.5 Å². The van der Waals surface area contributed by atoms with Gasteiger partial charge in [0.05, 0.1) is 17.7 Å². The van der Waals surface area contributed by atoms with Crippen LogP contribution in [0.5, 0.6) is 0 Å². The molecule has 8 heteroatoms. The first-order valence-corrected chi connectivity index (χ1v) is 10.2. The zero-order valence-electron chi connectivity index (χ0n) is 17.1. The summed E-state index contributed by atoms with van der Waals surface area (Å²) in [6.45, 7) is 3.86. The number of aliphatic hydroxyl groups excluding tert-OH is 1. The van der Waals surface area contributed by atoms with Crippen LogP contribution in [-0.4, -0.2) is 32.1 Å². The molecule has 0 radical (unpaired) electrons. The summed E-state index contributed by atoms with van der Waals surface area (Å²) in [7, 11) is 0. The summed E-state index contributed by atoms with van der Waals surface area (Å²) in [6.07, 6.45) is 3.95. The number of anilines is 1. The number of rotatable bonds is 5. The first-order chi connectivity index (χ1) is 15.0. The molecule has 0 spiro atoms. The van der Waals surface area contributed by atoms with Crippen LogP contribution in [0.15, 0.2) is 41.4 Å². The average Bonchev–Trinajstić information content (AvgIpc) is 3.30. The number of carbonyl (C=O) groups excluding carboxylic acids is 1. The number of fused-ring (bicyclic) bond motifs is 3. The number of carbonyl (C=O) groups is 1. The standard InChI is InChI=1S/C23H21FN4O3/c1-3-19(29)18-4-11(2)16(9-25-18)14-5-12-8-26-20(28-23(30)15-6-17(15)24)7-13(12)21-22(14)31-10-27-21/h4-5,7-10,15,17,19,29H,3,6H2,1-2H3,(H,26,28,30)/t15-,17+,19-/m0/s1. The van der Waals surface area contributed by atoms with E-state index >= 15 is 0 Å². The van der Waals surface area contributed by atoms with Crippen molar-refractivity contribution in [3.05, 3.63) is 48.2 Å². The van der Waals surface area contributed by atoms with E-state index in [1.807, 2.05) is 26.0 Å². The van der Waals surface area contributed by atoms with E-state index in [0.717, 1.165) is 27.5 Å². The number of amides is 1. The van der Waals surface area contributed by atoms with Crippen LogP contribution in [0.2, 0.25) is 0 Å². The van der Waals surface area contributed by atoms with Crippen LogP contribution in [0.4, 0.5) is 10.2 Å². The van der Waals surface area contributed by atoms with Gasteiger partial charge in [0.25, 0.3) is 0 Å². The largest absolute Gasteiger partial charge is 0.443 e. The van der Waals surface area contributed by atoms with Gasteiger partial charge in [0.2, 0.25) is 5.91 Å². The van der Waals surface area contributed by atoms with Crippen LogP contribution >= 0.6 is 0 Å². The fourth-order valence-corrected chi connectivity index (χ4v) is 3.81. The molecule has 5 rings (SSSR count). The summed E-state index contributed by atoms with van der Waals surface area (Å²) < 4.78 is 18.9. The van der Waals surface area contributed by atoms with Gasteiger partial charge in [-0.15, -0.1) is 0 Å². The van der Waals surface area contributed by atoms with Crippen molar-refractivity contribution in [3.63, 3.8) is 0 Å². The summed E-state index contributed by atoms with van der Waals surface area (Å²) >= 11 is 0. The number of nitrogens with zero attached hydrogens (tertiary/aromatic N) is 3. The van der Waals surface area contributed by atoms with E-state index in [1.165, 1.54) is 6.39 Å². The summed E-state index contributed by atoms with van der Waals surface area (Å²) in [5.74, 6) is -0.593. The van der Waals surface area contributed by atoms with E-state index in [2.05, 4.69) is 20.3 Å². The van der Waals surface area contributed by atoms with Crippen LogP contribution in [0.25, 0.3) is 33.0 Å². The molecule has 31 heavy (non-hydrogen) atoms. The Balaban J connectivity index is 1.58. The van der Waals surface area contributed by atoms with Crippen molar-refractivity contribution in [3.8, 4) is 11.1 Å². The lowest BCUT2D eigenvalue weighted by atomic mass is 9.97. The maximum absolute atomic E-state index is 13.2.